The number of likely N-dealkylation sites (tertiary alicyclic amines) is 1. The Hall–Kier alpha value is -0.610. The normalized spacial score (nSPS) is 20.2. The van der Waals surface area contributed by atoms with Gasteiger partial charge in [0.1, 0.15) is 0 Å². The molecule has 0 bridgehead atoms. The van der Waals surface area contributed by atoms with Crippen molar-refractivity contribution < 1.29 is 9.53 Å². The molecule has 0 saturated carbocycles. The lowest BCUT2D eigenvalue weighted by Crippen LogP contribution is -2.40. The molecule has 1 N–H and O–H groups in total. The maximum atomic E-state index is 11.5. The Bertz CT molecular complexity index is 225. The number of piperidine rings is 1. The van der Waals surface area contributed by atoms with Gasteiger partial charge in [0, 0.05) is 6.54 Å². The monoisotopic (exact) mass is 242 g/mol. The first kappa shape index (κ1) is 14.5. The molecular formula is C13H26N2O2. The summed E-state index contributed by atoms with van der Waals surface area (Å²) in [6.45, 7) is 8.46. The molecule has 0 aromatic carbocycles. The van der Waals surface area contributed by atoms with Gasteiger partial charge in [0.25, 0.3) is 0 Å². The summed E-state index contributed by atoms with van der Waals surface area (Å²) in [7, 11) is 2.01. The Morgan fingerprint density at radius 1 is 1.47 bits per heavy atom. The quantitative estimate of drug-likeness (QED) is 0.709. The van der Waals surface area contributed by atoms with E-state index in [-0.39, 0.29) is 11.9 Å². The second-order valence-electron chi connectivity index (χ2n) is 4.95. The number of rotatable bonds is 6. The second-order valence-corrected chi connectivity index (χ2v) is 4.95. The van der Waals surface area contributed by atoms with Crippen LogP contribution < -0.4 is 5.32 Å². The summed E-state index contributed by atoms with van der Waals surface area (Å²) in [5, 5.41) is 3.24. The minimum absolute atomic E-state index is 0.00389. The average molecular weight is 242 g/mol. The molecule has 4 heteroatoms. The maximum absolute atomic E-state index is 11.5. The number of hydrogen-bond acceptors (Lipinski definition) is 4. The van der Waals surface area contributed by atoms with Gasteiger partial charge in [-0.1, -0.05) is 6.92 Å². The van der Waals surface area contributed by atoms with E-state index in [9.17, 15) is 4.79 Å². The minimum atomic E-state index is -0.0650. The number of ether oxygens (including phenoxy) is 1. The van der Waals surface area contributed by atoms with Gasteiger partial charge >= 0.3 is 5.97 Å². The molecule has 0 radical (unpaired) electrons. The zero-order valence-electron chi connectivity index (χ0n) is 11.4. The van der Waals surface area contributed by atoms with E-state index in [1.54, 1.807) is 0 Å². The molecule has 1 rings (SSSR count). The second kappa shape index (κ2) is 7.67. The average Bonchev–Trinajstić information content (AvgIpc) is 2.32. The Balaban J connectivity index is 2.23. The predicted molar refractivity (Wildman–Crippen MR) is 68.9 cm³/mol. The molecule has 17 heavy (non-hydrogen) atoms. The third-order valence-electron chi connectivity index (χ3n) is 3.42. The number of nitrogens with zero attached hydrogens (tertiary/aromatic N) is 1. The van der Waals surface area contributed by atoms with Crippen molar-refractivity contribution in [1.29, 1.82) is 0 Å². The fraction of sp³-hybridized carbons (Fsp3) is 0.923. The smallest absolute Gasteiger partial charge is 0.309 e. The number of carbonyl (C=O) groups is 1. The zero-order chi connectivity index (χ0) is 12.7. The molecule has 0 amide bonds. The first-order valence-corrected chi connectivity index (χ1v) is 6.71. The van der Waals surface area contributed by atoms with Crippen molar-refractivity contribution >= 4 is 5.97 Å². The van der Waals surface area contributed by atoms with Gasteiger partial charge in [-0.05, 0) is 52.4 Å². The lowest BCUT2D eigenvalue weighted by Gasteiger charge is -2.33. The summed E-state index contributed by atoms with van der Waals surface area (Å²) in [5.41, 5.74) is 0. The van der Waals surface area contributed by atoms with Crippen LogP contribution in [0.15, 0.2) is 0 Å². The van der Waals surface area contributed by atoms with Crippen molar-refractivity contribution in [2.24, 2.45) is 11.8 Å². The van der Waals surface area contributed by atoms with Gasteiger partial charge in [-0.3, -0.25) is 4.79 Å². The Morgan fingerprint density at radius 2 is 2.12 bits per heavy atom. The van der Waals surface area contributed by atoms with Crippen LogP contribution in [0.3, 0.4) is 0 Å². The highest BCUT2D eigenvalue weighted by Crippen LogP contribution is 2.17. The van der Waals surface area contributed by atoms with Crippen molar-refractivity contribution in [3.63, 3.8) is 0 Å². The van der Waals surface area contributed by atoms with Crippen molar-refractivity contribution in [1.82, 2.24) is 10.2 Å². The highest BCUT2D eigenvalue weighted by Gasteiger charge is 2.22. The molecular weight excluding hydrogens is 216 g/mol. The Morgan fingerprint density at radius 3 is 2.65 bits per heavy atom. The summed E-state index contributed by atoms with van der Waals surface area (Å²) in [5.74, 6) is 0.731. The first-order chi connectivity index (χ1) is 8.17. The molecule has 1 atom stereocenters. The summed E-state index contributed by atoms with van der Waals surface area (Å²) < 4.78 is 5.03. The number of nitrogens with one attached hydrogen (secondary N) is 1. The van der Waals surface area contributed by atoms with Gasteiger partial charge in [0.2, 0.25) is 0 Å². The minimum Gasteiger partial charge on any atom is -0.466 e. The molecule has 1 fully saturated rings. The van der Waals surface area contributed by atoms with E-state index < -0.39 is 0 Å². The predicted octanol–water partition coefficient (Wildman–Crippen LogP) is 1.12. The maximum Gasteiger partial charge on any atom is 0.309 e. The molecule has 0 aliphatic carbocycles. The van der Waals surface area contributed by atoms with E-state index in [2.05, 4.69) is 10.2 Å². The summed E-state index contributed by atoms with van der Waals surface area (Å²) >= 11 is 0. The lowest BCUT2D eigenvalue weighted by atomic mass is 9.96. The molecule has 100 valence electrons. The summed E-state index contributed by atoms with van der Waals surface area (Å²) in [6, 6.07) is 0. The van der Waals surface area contributed by atoms with Crippen LogP contribution in [-0.4, -0.2) is 50.7 Å². The van der Waals surface area contributed by atoms with E-state index in [0.29, 0.717) is 6.61 Å². The van der Waals surface area contributed by atoms with E-state index in [0.717, 1.165) is 32.1 Å². The fourth-order valence-electron chi connectivity index (χ4n) is 2.41. The third-order valence-corrected chi connectivity index (χ3v) is 3.42. The van der Waals surface area contributed by atoms with Crippen LogP contribution in [0.2, 0.25) is 0 Å². The van der Waals surface area contributed by atoms with Gasteiger partial charge in [-0.25, -0.2) is 0 Å². The van der Waals surface area contributed by atoms with Crippen LogP contribution in [-0.2, 0) is 9.53 Å². The third kappa shape index (κ3) is 5.04. The molecule has 0 aromatic heterocycles. The van der Waals surface area contributed by atoms with Gasteiger partial charge in [-0.2, -0.15) is 0 Å². The molecule has 1 saturated heterocycles. The van der Waals surface area contributed by atoms with Crippen LogP contribution in [0.5, 0.6) is 0 Å². The van der Waals surface area contributed by atoms with Crippen molar-refractivity contribution in [2.75, 3.05) is 39.8 Å². The van der Waals surface area contributed by atoms with Crippen molar-refractivity contribution in [3.8, 4) is 0 Å². The number of hydrogen-bond donors (Lipinski definition) is 1. The van der Waals surface area contributed by atoms with Gasteiger partial charge in [0.05, 0.1) is 12.5 Å². The molecule has 1 aliphatic heterocycles. The van der Waals surface area contributed by atoms with Crippen LogP contribution in [0.25, 0.3) is 0 Å². The highest BCUT2D eigenvalue weighted by atomic mass is 16.5. The van der Waals surface area contributed by atoms with E-state index in [4.69, 9.17) is 4.74 Å². The lowest BCUT2D eigenvalue weighted by molar-refractivity contribution is -0.148. The summed E-state index contributed by atoms with van der Waals surface area (Å²) in [4.78, 5) is 13.9. The molecule has 4 nitrogen and oxygen atoms in total. The molecule has 1 aliphatic rings. The van der Waals surface area contributed by atoms with Crippen LogP contribution in [0.1, 0.15) is 26.7 Å². The topological polar surface area (TPSA) is 41.6 Å². The standard InChI is InChI=1S/C13H26N2O2/c1-4-17-13(16)11(2)10-15-7-5-12(6-8-15)9-14-3/h11-12,14H,4-10H2,1-3H3. The molecule has 0 aromatic rings. The van der Waals surface area contributed by atoms with Gasteiger partial charge in [-0.15, -0.1) is 0 Å². The molecule has 0 spiro atoms. The molecule has 1 heterocycles. The largest absolute Gasteiger partial charge is 0.466 e. The van der Waals surface area contributed by atoms with Gasteiger partial charge < -0.3 is 15.0 Å². The summed E-state index contributed by atoms with van der Waals surface area (Å²) in [6.07, 6.45) is 2.47. The van der Waals surface area contributed by atoms with E-state index >= 15 is 0 Å². The van der Waals surface area contributed by atoms with Crippen LogP contribution in [0.4, 0.5) is 0 Å². The van der Waals surface area contributed by atoms with Crippen molar-refractivity contribution in [2.45, 2.75) is 26.7 Å². The SMILES string of the molecule is CCOC(=O)C(C)CN1CCC(CNC)CC1. The number of esters is 1. The van der Waals surface area contributed by atoms with E-state index in [1.165, 1.54) is 12.8 Å². The Kier molecular flexibility index (Phi) is 6.52. The zero-order valence-corrected chi connectivity index (χ0v) is 11.4. The molecule has 1 unspecified atom stereocenters. The highest BCUT2D eigenvalue weighted by molar-refractivity contribution is 5.72. The van der Waals surface area contributed by atoms with Crippen molar-refractivity contribution in [3.05, 3.63) is 0 Å². The first-order valence-electron chi connectivity index (χ1n) is 6.71. The van der Waals surface area contributed by atoms with E-state index in [1.807, 2.05) is 20.9 Å². The number of carbonyl (C=O) groups excluding carboxylic acids is 1. The Labute approximate surface area is 105 Å². The van der Waals surface area contributed by atoms with Crippen LogP contribution >= 0.6 is 0 Å². The van der Waals surface area contributed by atoms with Crippen LogP contribution in [0, 0.1) is 11.8 Å². The fourth-order valence-corrected chi connectivity index (χ4v) is 2.41. The van der Waals surface area contributed by atoms with Gasteiger partial charge in [0.15, 0.2) is 0 Å².